The molecule has 3 heteroatoms. The van der Waals surface area contributed by atoms with Crippen LogP contribution in [-0.4, -0.2) is 4.98 Å². The Morgan fingerprint density at radius 3 is 2.69 bits per heavy atom. The molecule has 3 N–H and O–H groups in total. The van der Waals surface area contributed by atoms with Crippen molar-refractivity contribution in [1.82, 2.24) is 4.98 Å². The molecule has 66 valence electrons. The van der Waals surface area contributed by atoms with Crippen LogP contribution in [0.3, 0.4) is 0 Å². The number of nitrogens with one attached hydrogen (secondary N) is 1. The Balaban J connectivity index is 2.53. The number of nitrogen functional groups attached to an aromatic ring is 1. The lowest BCUT2D eigenvalue weighted by Crippen LogP contribution is -1.85. The highest BCUT2D eigenvalue weighted by atomic mass is 79.9. The van der Waals surface area contributed by atoms with Crippen LogP contribution in [0.5, 0.6) is 0 Å². The topological polar surface area (TPSA) is 41.8 Å². The fourth-order valence-corrected chi connectivity index (χ4v) is 1.67. The number of H-pyrrole nitrogens is 1. The van der Waals surface area contributed by atoms with Crippen molar-refractivity contribution < 1.29 is 0 Å². The summed E-state index contributed by atoms with van der Waals surface area (Å²) >= 11 is 3.42. The minimum Gasteiger partial charge on any atom is -0.397 e. The number of aromatic amines is 1. The van der Waals surface area contributed by atoms with Crippen LogP contribution in [-0.2, 0) is 0 Å². The van der Waals surface area contributed by atoms with Crippen LogP contribution in [0.15, 0.2) is 41.0 Å². The first kappa shape index (κ1) is 8.38. The maximum Gasteiger partial charge on any atom is 0.0687 e. The van der Waals surface area contributed by atoms with E-state index in [1.807, 2.05) is 36.5 Å². The Kier molecular flexibility index (Phi) is 2.10. The van der Waals surface area contributed by atoms with Gasteiger partial charge in [-0.15, -0.1) is 0 Å². The molecule has 2 rings (SSSR count). The summed E-state index contributed by atoms with van der Waals surface area (Å²) in [7, 11) is 0. The first-order chi connectivity index (χ1) is 6.27. The van der Waals surface area contributed by atoms with Crippen molar-refractivity contribution in [3.05, 3.63) is 41.0 Å². The van der Waals surface area contributed by atoms with E-state index in [-0.39, 0.29) is 0 Å². The van der Waals surface area contributed by atoms with Crippen molar-refractivity contribution in [3.8, 4) is 11.3 Å². The van der Waals surface area contributed by atoms with Gasteiger partial charge >= 0.3 is 0 Å². The summed E-state index contributed by atoms with van der Waals surface area (Å²) < 4.78 is 1.05. The molecule has 0 bridgehead atoms. The standard InChI is InChI=1S/C10H9BrN2/c11-8-3-1-2-7(6-8)10-9(12)4-5-13-10/h1-6,13H,12H2. The zero-order valence-electron chi connectivity index (χ0n) is 6.92. The lowest BCUT2D eigenvalue weighted by Gasteiger charge is -2.00. The predicted octanol–water partition coefficient (Wildman–Crippen LogP) is 3.03. The molecule has 0 spiro atoms. The summed E-state index contributed by atoms with van der Waals surface area (Å²) in [6.07, 6.45) is 1.84. The molecule has 0 aliphatic carbocycles. The summed E-state index contributed by atoms with van der Waals surface area (Å²) in [5.74, 6) is 0. The number of hydrogen-bond acceptors (Lipinski definition) is 1. The van der Waals surface area contributed by atoms with Crippen molar-refractivity contribution in [1.29, 1.82) is 0 Å². The Morgan fingerprint density at radius 2 is 2.08 bits per heavy atom. The molecular formula is C10H9BrN2. The van der Waals surface area contributed by atoms with Crippen LogP contribution in [0, 0.1) is 0 Å². The van der Waals surface area contributed by atoms with Crippen molar-refractivity contribution >= 4 is 21.6 Å². The van der Waals surface area contributed by atoms with E-state index in [4.69, 9.17) is 5.73 Å². The van der Waals surface area contributed by atoms with E-state index in [9.17, 15) is 0 Å². The number of halogens is 1. The molecule has 0 aliphatic rings. The molecule has 1 heterocycles. The Labute approximate surface area is 84.9 Å². The summed E-state index contributed by atoms with van der Waals surface area (Å²) in [6.45, 7) is 0. The molecule has 0 aliphatic heterocycles. The van der Waals surface area contributed by atoms with Gasteiger partial charge in [0.05, 0.1) is 11.4 Å². The normalized spacial score (nSPS) is 10.2. The lowest BCUT2D eigenvalue weighted by molar-refractivity contribution is 1.40. The Bertz CT molecular complexity index is 420. The second kappa shape index (κ2) is 3.26. The Morgan fingerprint density at radius 1 is 1.23 bits per heavy atom. The predicted molar refractivity (Wildman–Crippen MR) is 58.3 cm³/mol. The third-order valence-corrected chi connectivity index (χ3v) is 2.39. The smallest absolute Gasteiger partial charge is 0.0687 e. The van der Waals surface area contributed by atoms with E-state index in [0.29, 0.717) is 0 Å². The average molecular weight is 237 g/mol. The molecule has 0 amide bonds. The molecule has 0 fully saturated rings. The number of rotatable bonds is 1. The van der Waals surface area contributed by atoms with Crippen molar-refractivity contribution in [3.63, 3.8) is 0 Å². The highest BCUT2D eigenvalue weighted by Gasteiger charge is 2.02. The quantitative estimate of drug-likeness (QED) is 0.786. The molecule has 2 aromatic rings. The van der Waals surface area contributed by atoms with Crippen LogP contribution in [0.4, 0.5) is 5.69 Å². The molecule has 0 saturated carbocycles. The van der Waals surface area contributed by atoms with Gasteiger partial charge in [0.25, 0.3) is 0 Å². The zero-order chi connectivity index (χ0) is 9.26. The molecule has 1 aromatic carbocycles. The van der Waals surface area contributed by atoms with Gasteiger partial charge < -0.3 is 10.7 Å². The highest BCUT2D eigenvalue weighted by Crippen LogP contribution is 2.25. The number of anilines is 1. The fourth-order valence-electron chi connectivity index (χ4n) is 1.28. The molecule has 0 saturated heterocycles. The number of nitrogens with two attached hydrogens (primary N) is 1. The molecule has 0 unspecified atom stereocenters. The van der Waals surface area contributed by atoms with Crippen LogP contribution in [0.2, 0.25) is 0 Å². The SMILES string of the molecule is Nc1cc[nH]c1-c1cccc(Br)c1. The zero-order valence-corrected chi connectivity index (χ0v) is 8.51. The van der Waals surface area contributed by atoms with Crippen LogP contribution in [0.1, 0.15) is 0 Å². The van der Waals surface area contributed by atoms with E-state index in [0.717, 1.165) is 21.4 Å². The summed E-state index contributed by atoms with van der Waals surface area (Å²) in [5, 5.41) is 0. The van der Waals surface area contributed by atoms with Gasteiger partial charge in [-0.25, -0.2) is 0 Å². The van der Waals surface area contributed by atoms with Crippen molar-refractivity contribution in [2.75, 3.05) is 5.73 Å². The van der Waals surface area contributed by atoms with Crippen LogP contribution in [0.25, 0.3) is 11.3 Å². The first-order valence-electron chi connectivity index (χ1n) is 3.96. The monoisotopic (exact) mass is 236 g/mol. The lowest BCUT2D eigenvalue weighted by atomic mass is 10.1. The Hall–Kier alpha value is -1.22. The van der Waals surface area contributed by atoms with Gasteiger partial charge in [-0.1, -0.05) is 28.1 Å². The van der Waals surface area contributed by atoms with Gasteiger partial charge in [0.1, 0.15) is 0 Å². The summed E-state index contributed by atoms with van der Waals surface area (Å²) in [5.41, 5.74) is 8.62. The fraction of sp³-hybridized carbons (Fsp3) is 0. The van der Waals surface area contributed by atoms with Gasteiger partial charge in [-0.2, -0.15) is 0 Å². The molecule has 13 heavy (non-hydrogen) atoms. The average Bonchev–Trinajstić information content (AvgIpc) is 2.51. The molecule has 0 atom stereocenters. The maximum atomic E-state index is 5.78. The van der Waals surface area contributed by atoms with Crippen LogP contribution >= 0.6 is 15.9 Å². The van der Waals surface area contributed by atoms with E-state index in [1.54, 1.807) is 0 Å². The largest absolute Gasteiger partial charge is 0.397 e. The van der Waals surface area contributed by atoms with Crippen LogP contribution < -0.4 is 5.73 Å². The number of aromatic nitrogens is 1. The number of benzene rings is 1. The minimum atomic E-state index is 0.776. The van der Waals surface area contributed by atoms with E-state index in [1.165, 1.54) is 0 Å². The van der Waals surface area contributed by atoms with E-state index < -0.39 is 0 Å². The third kappa shape index (κ3) is 1.60. The summed E-state index contributed by atoms with van der Waals surface area (Å²) in [4.78, 5) is 3.10. The van der Waals surface area contributed by atoms with Gasteiger partial charge in [0.15, 0.2) is 0 Å². The minimum absolute atomic E-state index is 0.776. The second-order valence-electron chi connectivity index (χ2n) is 2.82. The molecule has 1 aromatic heterocycles. The third-order valence-electron chi connectivity index (χ3n) is 1.89. The van der Waals surface area contributed by atoms with E-state index >= 15 is 0 Å². The molecule has 0 radical (unpaired) electrons. The van der Waals surface area contributed by atoms with Gasteiger partial charge in [-0.3, -0.25) is 0 Å². The van der Waals surface area contributed by atoms with Crippen molar-refractivity contribution in [2.45, 2.75) is 0 Å². The second-order valence-corrected chi connectivity index (χ2v) is 3.73. The van der Waals surface area contributed by atoms with E-state index in [2.05, 4.69) is 20.9 Å². The van der Waals surface area contributed by atoms with Gasteiger partial charge in [0.2, 0.25) is 0 Å². The number of hydrogen-bond donors (Lipinski definition) is 2. The molecular weight excluding hydrogens is 228 g/mol. The first-order valence-corrected chi connectivity index (χ1v) is 4.75. The van der Waals surface area contributed by atoms with Gasteiger partial charge in [0, 0.05) is 16.2 Å². The summed E-state index contributed by atoms with van der Waals surface area (Å²) in [6, 6.07) is 9.88. The maximum absolute atomic E-state index is 5.78. The molecule has 2 nitrogen and oxygen atoms in total. The van der Waals surface area contributed by atoms with Crippen molar-refractivity contribution in [2.24, 2.45) is 0 Å². The van der Waals surface area contributed by atoms with Gasteiger partial charge in [-0.05, 0) is 18.2 Å². The highest BCUT2D eigenvalue weighted by molar-refractivity contribution is 9.10.